The number of benzene rings is 1. The van der Waals surface area contributed by atoms with Gasteiger partial charge in [0.05, 0.1) is 6.10 Å². The molecule has 2 rings (SSSR count). The summed E-state index contributed by atoms with van der Waals surface area (Å²) in [5.41, 5.74) is 6.98. The summed E-state index contributed by atoms with van der Waals surface area (Å²) < 4.78 is 5.64. The molecule has 0 spiro atoms. The molecule has 1 aromatic carbocycles. The van der Waals surface area contributed by atoms with E-state index in [4.69, 9.17) is 10.5 Å². The minimum absolute atomic E-state index is 0.231. The molecule has 1 unspecified atom stereocenters. The summed E-state index contributed by atoms with van der Waals surface area (Å²) in [5.74, 6) is 1.60. The molecule has 3 nitrogen and oxygen atoms in total. The molecule has 0 bridgehead atoms. The number of hydrogen-bond donors (Lipinski definition) is 1. The lowest BCUT2D eigenvalue weighted by atomic mass is 10.1. The van der Waals surface area contributed by atoms with E-state index in [1.54, 1.807) is 0 Å². The predicted octanol–water partition coefficient (Wildman–Crippen LogP) is 2.26. The molecule has 0 radical (unpaired) electrons. The van der Waals surface area contributed by atoms with Crippen LogP contribution in [0.5, 0.6) is 5.75 Å². The smallest absolute Gasteiger partial charge is 0.119 e. The maximum Gasteiger partial charge on any atom is 0.119 e. The standard InChI is InChI=1S/C14H22N2O/c1-11(2)17-14-5-3-13(4-6-14)16-8-7-12(9-15)10-16/h3-6,11-12H,7-10,15H2,1-2H3. The quantitative estimate of drug-likeness (QED) is 0.868. The lowest BCUT2D eigenvalue weighted by Gasteiger charge is -2.19. The second-order valence-corrected chi connectivity index (χ2v) is 5.00. The Morgan fingerprint density at radius 3 is 2.59 bits per heavy atom. The van der Waals surface area contributed by atoms with Crippen molar-refractivity contribution in [2.24, 2.45) is 11.7 Å². The summed E-state index contributed by atoms with van der Waals surface area (Å²) in [6, 6.07) is 8.36. The first-order valence-electron chi connectivity index (χ1n) is 6.40. The first-order chi connectivity index (χ1) is 8.19. The third-order valence-corrected chi connectivity index (χ3v) is 3.19. The van der Waals surface area contributed by atoms with Crippen molar-refractivity contribution in [3.05, 3.63) is 24.3 Å². The molecule has 2 N–H and O–H groups in total. The lowest BCUT2D eigenvalue weighted by molar-refractivity contribution is 0.242. The summed E-state index contributed by atoms with van der Waals surface area (Å²) in [5, 5.41) is 0. The van der Waals surface area contributed by atoms with E-state index in [9.17, 15) is 0 Å². The number of anilines is 1. The second-order valence-electron chi connectivity index (χ2n) is 5.00. The van der Waals surface area contributed by atoms with Crippen LogP contribution in [0.25, 0.3) is 0 Å². The summed E-state index contributed by atoms with van der Waals surface area (Å²) in [4.78, 5) is 2.40. The fraction of sp³-hybridized carbons (Fsp3) is 0.571. The molecule has 1 aliphatic heterocycles. The van der Waals surface area contributed by atoms with Gasteiger partial charge in [0.25, 0.3) is 0 Å². The van der Waals surface area contributed by atoms with E-state index in [0.29, 0.717) is 5.92 Å². The normalized spacial score (nSPS) is 20.0. The average molecular weight is 234 g/mol. The third-order valence-electron chi connectivity index (χ3n) is 3.19. The van der Waals surface area contributed by atoms with Gasteiger partial charge in [-0.1, -0.05) is 0 Å². The fourth-order valence-corrected chi connectivity index (χ4v) is 2.27. The Morgan fingerprint density at radius 1 is 1.35 bits per heavy atom. The average Bonchev–Trinajstić information content (AvgIpc) is 2.78. The van der Waals surface area contributed by atoms with Crippen molar-refractivity contribution in [2.75, 3.05) is 24.5 Å². The van der Waals surface area contributed by atoms with Gasteiger partial charge in [0.15, 0.2) is 0 Å². The third kappa shape index (κ3) is 3.13. The molecule has 1 fully saturated rings. The van der Waals surface area contributed by atoms with Gasteiger partial charge in [0.2, 0.25) is 0 Å². The van der Waals surface area contributed by atoms with Crippen LogP contribution in [-0.4, -0.2) is 25.7 Å². The van der Waals surface area contributed by atoms with Crippen molar-refractivity contribution in [2.45, 2.75) is 26.4 Å². The van der Waals surface area contributed by atoms with Gasteiger partial charge in [-0.25, -0.2) is 0 Å². The van der Waals surface area contributed by atoms with Gasteiger partial charge < -0.3 is 15.4 Å². The number of nitrogens with two attached hydrogens (primary N) is 1. The zero-order chi connectivity index (χ0) is 12.3. The Hall–Kier alpha value is -1.22. The molecular weight excluding hydrogens is 212 g/mol. The molecular formula is C14H22N2O. The Morgan fingerprint density at radius 2 is 2.06 bits per heavy atom. The second kappa shape index (κ2) is 5.41. The van der Waals surface area contributed by atoms with Gasteiger partial charge in [-0.05, 0) is 57.0 Å². The molecule has 0 amide bonds. The van der Waals surface area contributed by atoms with E-state index >= 15 is 0 Å². The zero-order valence-corrected chi connectivity index (χ0v) is 10.7. The van der Waals surface area contributed by atoms with Gasteiger partial charge in [0.1, 0.15) is 5.75 Å². The van der Waals surface area contributed by atoms with Crippen LogP contribution >= 0.6 is 0 Å². The topological polar surface area (TPSA) is 38.5 Å². The highest BCUT2D eigenvalue weighted by molar-refractivity contribution is 5.49. The SMILES string of the molecule is CC(C)Oc1ccc(N2CCC(CN)C2)cc1. The summed E-state index contributed by atoms with van der Waals surface area (Å²) in [6.45, 7) is 7.08. The minimum atomic E-state index is 0.231. The molecule has 1 saturated heterocycles. The van der Waals surface area contributed by atoms with E-state index in [-0.39, 0.29) is 6.10 Å². The van der Waals surface area contributed by atoms with Crippen LogP contribution in [0, 0.1) is 5.92 Å². The molecule has 0 aromatic heterocycles. The van der Waals surface area contributed by atoms with Crippen molar-refractivity contribution in [1.29, 1.82) is 0 Å². The highest BCUT2D eigenvalue weighted by Crippen LogP contribution is 2.25. The number of hydrogen-bond acceptors (Lipinski definition) is 3. The van der Waals surface area contributed by atoms with E-state index in [0.717, 1.165) is 25.4 Å². The van der Waals surface area contributed by atoms with E-state index in [2.05, 4.69) is 17.0 Å². The molecule has 0 saturated carbocycles. The van der Waals surface area contributed by atoms with Crippen LogP contribution in [0.15, 0.2) is 24.3 Å². The number of rotatable bonds is 4. The lowest BCUT2D eigenvalue weighted by Crippen LogP contribution is -2.22. The van der Waals surface area contributed by atoms with Crippen molar-refractivity contribution in [1.82, 2.24) is 0 Å². The van der Waals surface area contributed by atoms with Crippen molar-refractivity contribution in [3.63, 3.8) is 0 Å². The van der Waals surface area contributed by atoms with Crippen molar-refractivity contribution >= 4 is 5.69 Å². The summed E-state index contributed by atoms with van der Waals surface area (Å²) in [7, 11) is 0. The van der Waals surface area contributed by atoms with E-state index < -0.39 is 0 Å². The van der Waals surface area contributed by atoms with Crippen LogP contribution in [0.1, 0.15) is 20.3 Å². The number of nitrogens with zero attached hydrogens (tertiary/aromatic N) is 1. The Labute approximate surface area is 104 Å². The van der Waals surface area contributed by atoms with Gasteiger partial charge >= 0.3 is 0 Å². The van der Waals surface area contributed by atoms with Crippen molar-refractivity contribution < 1.29 is 4.74 Å². The molecule has 1 heterocycles. The van der Waals surface area contributed by atoms with Crippen LogP contribution in [0.4, 0.5) is 5.69 Å². The minimum Gasteiger partial charge on any atom is -0.491 e. The van der Waals surface area contributed by atoms with Crippen LogP contribution < -0.4 is 15.4 Å². The fourth-order valence-electron chi connectivity index (χ4n) is 2.27. The Kier molecular flexibility index (Phi) is 3.89. The molecule has 1 atom stereocenters. The molecule has 1 aliphatic rings. The predicted molar refractivity (Wildman–Crippen MR) is 71.6 cm³/mol. The van der Waals surface area contributed by atoms with Gasteiger partial charge in [-0.2, -0.15) is 0 Å². The molecule has 0 aliphatic carbocycles. The number of ether oxygens (including phenoxy) is 1. The highest BCUT2D eigenvalue weighted by Gasteiger charge is 2.21. The van der Waals surface area contributed by atoms with Gasteiger partial charge in [-0.3, -0.25) is 0 Å². The zero-order valence-electron chi connectivity index (χ0n) is 10.7. The van der Waals surface area contributed by atoms with Crippen LogP contribution in [0.3, 0.4) is 0 Å². The molecule has 17 heavy (non-hydrogen) atoms. The van der Waals surface area contributed by atoms with Crippen LogP contribution in [-0.2, 0) is 0 Å². The Balaban J connectivity index is 1.98. The van der Waals surface area contributed by atoms with Crippen LogP contribution in [0.2, 0.25) is 0 Å². The van der Waals surface area contributed by atoms with E-state index in [1.807, 2.05) is 26.0 Å². The van der Waals surface area contributed by atoms with Crippen molar-refractivity contribution in [3.8, 4) is 5.75 Å². The first kappa shape index (κ1) is 12.2. The molecule has 1 aromatic rings. The summed E-state index contributed by atoms with van der Waals surface area (Å²) >= 11 is 0. The van der Waals surface area contributed by atoms with Gasteiger partial charge in [-0.15, -0.1) is 0 Å². The Bertz CT molecular complexity index is 348. The first-order valence-corrected chi connectivity index (χ1v) is 6.40. The van der Waals surface area contributed by atoms with E-state index in [1.165, 1.54) is 12.1 Å². The molecule has 94 valence electrons. The monoisotopic (exact) mass is 234 g/mol. The summed E-state index contributed by atoms with van der Waals surface area (Å²) in [6.07, 6.45) is 1.44. The maximum atomic E-state index is 5.71. The highest BCUT2D eigenvalue weighted by atomic mass is 16.5. The largest absolute Gasteiger partial charge is 0.491 e. The maximum absolute atomic E-state index is 5.71. The molecule has 3 heteroatoms. The van der Waals surface area contributed by atoms with Gasteiger partial charge in [0, 0.05) is 18.8 Å².